The summed E-state index contributed by atoms with van der Waals surface area (Å²) in [7, 11) is -1.76. The Kier molecular flexibility index (Phi) is 4.70. The van der Waals surface area contributed by atoms with E-state index in [2.05, 4.69) is 10.0 Å². The van der Waals surface area contributed by atoms with Gasteiger partial charge in [-0.15, -0.1) is 11.3 Å². The summed E-state index contributed by atoms with van der Waals surface area (Å²) in [6.45, 7) is 2.48. The van der Waals surface area contributed by atoms with Gasteiger partial charge in [-0.05, 0) is 37.7 Å². The summed E-state index contributed by atoms with van der Waals surface area (Å²) in [6.07, 6.45) is 0. The fourth-order valence-corrected chi connectivity index (χ4v) is 4.26. The van der Waals surface area contributed by atoms with Crippen molar-refractivity contribution in [2.24, 2.45) is 0 Å². The van der Waals surface area contributed by atoms with E-state index in [4.69, 9.17) is 11.6 Å². The van der Waals surface area contributed by atoms with Crippen molar-refractivity contribution in [3.05, 3.63) is 45.1 Å². The van der Waals surface area contributed by atoms with Crippen LogP contribution in [0, 0.1) is 6.92 Å². The highest BCUT2D eigenvalue weighted by Crippen LogP contribution is 2.25. The normalized spacial score (nSPS) is 11.6. The molecule has 0 saturated carbocycles. The molecule has 0 amide bonds. The molecule has 4 nitrogen and oxygen atoms in total. The molecule has 0 unspecified atom stereocenters. The van der Waals surface area contributed by atoms with E-state index in [1.54, 1.807) is 29.6 Å². The zero-order valence-corrected chi connectivity index (χ0v) is 13.5. The van der Waals surface area contributed by atoms with Crippen LogP contribution in [-0.2, 0) is 16.6 Å². The van der Waals surface area contributed by atoms with Crippen molar-refractivity contribution in [3.8, 4) is 0 Å². The number of thiophene rings is 1. The van der Waals surface area contributed by atoms with Crippen LogP contribution in [0.2, 0.25) is 5.02 Å². The predicted molar refractivity (Wildman–Crippen MR) is 84.1 cm³/mol. The Balaban J connectivity index is 2.28. The first kappa shape index (κ1) is 15.3. The molecule has 0 aliphatic rings. The molecule has 0 aliphatic heterocycles. The second kappa shape index (κ2) is 6.13. The molecule has 20 heavy (non-hydrogen) atoms. The van der Waals surface area contributed by atoms with E-state index in [1.807, 2.05) is 14.0 Å². The van der Waals surface area contributed by atoms with Gasteiger partial charge in [0.1, 0.15) is 0 Å². The number of hydrogen-bond donors (Lipinski definition) is 2. The van der Waals surface area contributed by atoms with Crippen LogP contribution in [0.15, 0.2) is 34.5 Å². The quantitative estimate of drug-likeness (QED) is 0.885. The van der Waals surface area contributed by atoms with Gasteiger partial charge in [0.05, 0.1) is 10.6 Å². The molecule has 2 aromatic rings. The predicted octanol–water partition coefficient (Wildman–Crippen LogP) is 3.23. The molecule has 1 heterocycles. The lowest BCUT2D eigenvalue weighted by molar-refractivity contribution is 0.601. The van der Waals surface area contributed by atoms with Gasteiger partial charge in [0.25, 0.3) is 10.0 Å². The summed E-state index contributed by atoms with van der Waals surface area (Å²) >= 11 is 7.31. The highest BCUT2D eigenvalue weighted by Gasteiger charge is 2.17. The van der Waals surface area contributed by atoms with E-state index in [9.17, 15) is 8.42 Å². The molecule has 2 rings (SSSR count). The molecule has 1 aromatic heterocycles. The Bertz CT molecular complexity index is 711. The largest absolute Gasteiger partial charge is 0.315 e. The molecule has 0 spiro atoms. The van der Waals surface area contributed by atoms with Crippen molar-refractivity contribution in [1.29, 1.82) is 0 Å². The zero-order valence-electron chi connectivity index (χ0n) is 11.1. The van der Waals surface area contributed by atoms with Gasteiger partial charge in [0.15, 0.2) is 0 Å². The molecule has 0 bridgehead atoms. The molecule has 108 valence electrons. The smallest absolute Gasteiger partial charge is 0.262 e. The Morgan fingerprint density at radius 3 is 2.75 bits per heavy atom. The summed E-state index contributed by atoms with van der Waals surface area (Å²) < 4.78 is 27.2. The number of hydrogen-bond acceptors (Lipinski definition) is 4. The first-order valence-corrected chi connectivity index (χ1v) is 8.67. The fourth-order valence-electron chi connectivity index (χ4n) is 1.68. The molecule has 7 heteroatoms. The summed E-state index contributed by atoms with van der Waals surface area (Å²) in [5, 5.41) is 5.12. The summed E-state index contributed by atoms with van der Waals surface area (Å²) in [6, 6.07) is 6.78. The topological polar surface area (TPSA) is 58.2 Å². The van der Waals surface area contributed by atoms with E-state index < -0.39 is 10.0 Å². The van der Waals surface area contributed by atoms with Crippen molar-refractivity contribution < 1.29 is 8.42 Å². The van der Waals surface area contributed by atoms with Gasteiger partial charge in [-0.2, -0.15) is 0 Å². The van der Waals surface area contributed by atoms with Crippen LogP contribution in [0.5, 0.6) is 0 Å². The molecular weight excluding hydrogens is 316 g/mol. The minimum atomic E-state index is -3.58. The minimum absolute atomic E-state index is 0.270. The number of benzene rings is 1. The molecule has 2 N–H and O–H groups in total. The van der Waals surface area contributed by atoms with Crippen molar-refractivity contribution in [1.82, 2.24) is 5.32 Å². The SMILES string of the molecule is CNCc1cc(S(=O)(=O)Nc2cc(Cl)ccc2C)cs1. The number of halogens is 1. The van der Waals surface area contributed by atoms with Gasteiger partial charge in [0, 0.05) is 21.8 Å². The average molecular weight is 331 g/mol. The standard InChI is InChI=1S/C13H15ClN2O2S2/c1-9-3-4-10(14)5-13(9)16-20(17,18)12-6-11(7-15-2)19-8-12/h3-6,8,15-16H,7H2,1-2H3. The first-order valence-electron chi connectivity index (χ1n) is 5.93. The molecular formula is C13H15ClN2O2S2. The lowest BCUT2D eigenvalue weighted by atomic mass is 10.2. The average Bonchev–Trinajstić information content (AvgIpc) is 2.83. The Morgan fingerprint density at radius 1 is 1.30 bits per heavy atom. The summed E-state index contributed by atoms with van der Waals surface area (Å²) in [5.41, 5.74) is 1.32. The van der Waals surface area contributed by atoms with Crippen LogP contribution in [0.4, 0.5) is 5.69 Å². The van der Waals surface area contributed by atoms with E-state index in [-0.39, 0.29) is 4.90 Å². The van der Waals surface area contributed by atoms with Crippen LogP contribution in [0.3, 0.4) is 0 Å². The molecule has 0 atom stereocenters. The second-order valence-corrected chi connectivity index (χ2v) is 7.46. The van der Waals surface area contributed by atoms with Crippen LogP contribution >= 0.6 is 22.9 Å². The number of nitrogens with one attached hydrogen (secondary N) is 2. The van der Waals surface area contributed by atoms with Crippen molar-refractivity contribution >= 4 is 38.6 Å². The second-order valence-electron chi connectivity index (χ2n) is 4.34. The van der Waals surface area contributed by atoms with Gasteiger partial charge < -0.3 is 5.32 Å². The number of anilines is 1. The van der Waals surface area contributed by atoms with Gasteiger partial charge in [-0.3, -0.25) is 4.72 Å². The minimum Gasteiger partial charge on any atom is -0.315 e. The van der Waals surface area contributed by atoms with E-state index in [0.29, 0.717) is 17.3 Å². The van der Waals surface area contributed by atoms with Gasteiger partial charge in [-0.25, -0.2) is 8.42 Å². The monoisotopic (exact) mass is 330 g/mol. The maximum atomic E-state index is 12.3. The summed E-state index contributed by atoms with van der Waals surface area (Å²) in [4.78, 5) is 1.24. The van der Waals surface area contributed by atoms with Crippen LogP contribution in [0.1, 0.15) is 10.4 Å². The van der Waals surface area contributed by atoms with Crippen LogP contribution in [-0.4, -0.2) is 15.5 Å². The first-order chi connectivity index (χ1) is 9.42. The highest BCUT2D eigenvalue weighted by molar-refractivity contribution is 7.92. The van der Waals surface area contributed by atoms with Crippen molar-refractivity contribution in [3.63, 3.8) is 0 Å². The Labute approximate surface area is 127 Å². The highest BCUT2D eigenvalue weighted by atomic mass is 35.5. The number of rotatable bonds is 5. The Morgan fingerprint density at radius 2 is 2.05 bits per heavy atom. The third-order valence-corrected chi connectivity index (χ3v) is 5.40. The third kappa shape index (κ3) is 3.52. The van der Waals surface area contributed by atoms with Crippen molar-refractivity contribution in [2.45, 2.75) is 18.4 Å². The molecule has 1 aromatic carbocycles. The van der Waals surface area contributed by atoms with E-state index in [1.165, 1.54) is 11.3 Å². The fraction of sp³-hybridized carbons (Fsp3) is 0.231. The van der Waals surface area contributed by atoms with Crippen LogP contribution in [0.25, 0.3) is 0 Å². The lowest BCUT2D eigenvalue weighted by Gasteiger charge is -2.09. The van der Waals surface area contributed by atoms with Crippen molar-refractivity contribution in [2.75, 3.05) is 11.8 Å². The van der Waals surface area contributed by atoms with Gasteiger partial charge in [-0.1, -0.05) is 17.7 Å². The molecule has 0 aliphatic carbocycles. The number of sulfonamides is 1. The lowest BCUT2D eigenvalue weighted by Crippen LogP contribution is -2.13. The van der Waals surface area contributed by atoms with Gasteiger partial charge >= 0.3 is 0 Å². The molecule has 0 saturated heterocycles. The zero-order chi connectivity index (χ0) is 14.8. The molecule has 0 fully saturated rings. The Hall–Kier alpha value is -1.08. The van der Waals surface area contributed by atoms with Gasteiger partial charge in [0.2, 0.25) is 0 Å². The maximum absolute atomic E-state index is 12.3. The number of aryl methyl sites for hydroxylation is 1. The molecule has 0 radical (unpaired) electrons. The third-order valence-electron chi connectivity index (χ3n) is 2.73. The summed E-state index contributed by atoms with van der Waals surface area (Å²) in [5.74, 6) is 0. The van der Waals surface area contributed by atoms with E-state index >= 15 is 0 Å². The maximum Gasteiger partial charge on any atom is 0.262 e. The van der Waals surface area contributed by atoms with E-state index in [0.717, 1.165) is 10.4 Å². The van der Waals surface area contributed by atoms with Crippen LogP contribution < -0.4 is 10.0 Å².